The molecule has 0 aliphatic heterocycles. The van der Waals surface area contributed by atoms with Crippen molar-refractivity contribution in [3.63, 3.8) is 0 Å². The molecule has 0 bridgehead atoms. The number of carbonyl (C=O) groups is 1. The van der Waals surface area contributed by atoms with Crippen LogP contribution in [0.3, 0.4) is 0 Å². The number of unbranched alkanes of at least 4 members (excludes halogenated alkanes) is 1. The van der Waals surface area contributed by atoms with E-state index in [0.717, 1.165) is 57.2 Å². The van der Waals surface area contributed by atoms with Gasteiger partial charge in [0.1, 0.15) is 0 Å². The molecular formula is C21H23Br2N3O. The van der Waals surface area contributed by atoms with Gasteiger partial charge in [-0.3, -0.25) is 4.79 Å². The van der Waals surface area contributed by atoms with Gasteiger partial charge in [0, 0.05) is 34.0 Å². The number of carbonyl (C=O) groups excluding carboxylic acids is 1. The van der Waals surface area contributed by atoms with Crippen molar-refractivity contribution in [3.8, 4) is 11.3 Å². The fourth-order valence-corrected chi connectivity index (χ4v) is 4.43. The fraction of sp³-hybridized carbons (Fsp3) is 0.333. The molecule has 27 heavy (non-hydrogen) atoms. The number of aromatic nitrogens is 2. The van der Waals surface area contributed by atoms with Crippen molar-refractivity contribution >= 4 is 49.1 Å². The summed E-state index contributed by atoms with van der Waals surface area (Å²) >= 11 is 7.05. The molecule has 3 aromatic rings. The Balaban J connectivity index is 1.83. The summed E-state index contributed by atoms with van der Waals surface area (Å²) in [7, 11) is 0. The number of rotatable bonds is 7. The summed E-state index contributed by atoms with van der Waals surface area (Å²) < 4.78 is 3.88. The van der Waals surface area contributed by atoms with Crippen molar-refractivity contribution in [1.82, 2.24) is 9.38 Å². The zero-order valence-electron chi connectivity index (χ0n) is 15.5. The Labute approximate surface area is 176 Å². The topological polar surface area (TPSA) is 46.4 Å². The summed E-state index contributed by atoms with van der Waals surface area (Å²) in [5.74, 6) is 0.168. The molecule has 1 aromatic carbocycles. The van der Waals surface area contributed by atoms with Crippen LogP contribution in [0.2, 0.25) is 0 Å². The monoisotopic (exact) mass is 491 g/mol. The highest BCUT2D eigenvalue weighted by Gasteiger charge is 2.16. The number of hydrogen-bond donors (Lipinski definition) is 1. The van der Waals surface area contributed by atoms with Crippen LogP contribution < -0.4 is 5.32 Å². The maximum Gasteiger partial charge on any atom is 0.227 e. The summed E-state index contributed by atoms with van der Waals surface area (Å²) in [4.78, 5) is 17.3. The molecule has 142 valence electrons. The van der Waals surface area contributed by atoms with Gasteiger partial charge >= 0.3 is 0 Å². The predicted octanol–water partition coefficient (Wildman–Crippen LogP) is 6.68. The molecule has 1 N–H and O–H groups in total. The third-order valence-corrected chi connectivity index (χ3v) is 5.69. The van der Waals surface area contributed by atoms with E-state index in [0.29, 0.717) is 0 Å². The number of nitrogens with zero attached hydrogens (tertiary/aromatic N) is 2. The molecule has 1 atom stereocenters. The van der Waals surface area contributed by atoms with Crippen LogP contribution >= 0.6 is 31.9 Å². The third-order valence-electron chi connectivity index (χ3n) is 4.67. The number of amides is 1. The Morgan fingerprint density at radius 1 is 1.22 bits per heavy atom. The first-order chi connectivity index (χ1) is 13.0. The first-order valence-corrected chi connectivity index (χ1v) is 10.9. The average Bonchev–Trinajstić information content (AvgIpc) is 3.07. The Bertz CT molecular complexity index is 952. The van der Waals surface area contributed by atoms with E-state index in [4.69, 9.17) is 4.98 Å². The second-order valence-corrected chi connectivity index (χ2v) is 8.45. The number of fused-ring (bicyclic) bond motifs is 1. The zero-order chi connectivity index (χ0) is 19.4. The molecule has 1 amide bonds. The molecule has 6 heteroatoms. The number of nitrogens with one attached hydrogen (secondary N) is 1. The standard InChI is InChI=1S/C21H23Br2N3O/c1-3-5-7-14(4-2)21(27)24-17-9-6-8-15(10-17)19-13-26-12-16(22)11-18(23)20(26)25-19/h6,8-14H,3-5,7H2,1-2H3,(H,24,27). The lowest BCUT2D eigenvalue weighted by atomic mass is 9.98. The first kappa shape index (κ1) is 20.1. The Morgan fingerprint density at radius 3 is 2.78 bits per heavy atom. The van der Waals surface area contributed by atoms with Crippen LogP contribution in [0.5, 0.6) is 0 Å². The molecule has 4 nitrogen and oxygen atoms in total. The molecule has 0 saturated heterocycles. The van der Waals surface area contributed by atoms with Crippen molar-refractivity contribution < 1.29 is 4.79 Å². The lowest BCUT2D eigenvalue weighted by Crippen LogP contribution is -2.22. The van der Waals surface area contributed by atoms with E-state index in [-0.39, 0.29) is 11.8 Å². The maximum atomic E-state index is 12.6. The van der Waals surface area contributed by atoms with Gasteiger partial charge in [-0.05, 0) is 62.9 Å². The van der Waals surface area contributed by atoms with Crippen LogP contribution in [0.1, 0.15) is 39.5 Å². The van der Waals surface area contributed by atoms with Crippen LogP contribution in [-0.4, -0.2) is 15.3 Å². The highest BCUT2D eigenvalue weighted by atomic mass is 79.9. The van der Waals surface area contributed by atoms with E-state index in [1.807, 2.05) is 47.1 Å². The molecule has 0 aliphatic rings. The smallest absolute Gasteiger partial charge is 0.227 e. The molecule has 0 aliphatic carbocycles. The van der Waals surface area contributed by atoms with Gasteiger partial charge in [-0.25, -0.2) is 4.98 Å². The van der Waals surface area contributed by atoms with Crippen molar-refractivity contribution in [2.75, 3.05) is 5.32 Å². The number of pyridine rings is 1. The summed E-state index contributed by atoms with van der Waals surface area (Å²) in [5, 5.41) is 3.08. The second-order valence-electron chi connectivity index (χ2n) is 6.68. The summed E-state index contributed by atoms with van der Waals surface area (Å²) in [6.45, 7) is 4.23. The van der Waals surface area contributed by atoms with Crippen LogP contribution in [0, 0.1) is 5.92 Å². The molecule has 0 fully saturated rings. The van der Waals surface area contributed by atoms with Gasteiger partial charge in [0.05, 0.1) is 10.2 Å². The number of imidazole rings is 1. The average molecular weight is 493 g/mol. The summed E-state index contributed by atoms with van der Waals surface area (Å²) in [6.07, 6.45) is 7.95. The molecule has 0 spiro atoms. The van der Waals surface area contributed by atoms with Crippen LogP contribution in [0.25, 0.3) is 16.9 Å². The Morgan fingerprint density at radius 2 is 2.04 bits per heavy atom. The van der Waals surface area contributed by atoms with Crippen LogP contribution in [0.4, 0.5) is 5.69 Å². The summed E-state index contributed by atoms with van der Waals surface area (Å²) in [6, 6.07) is 9.84. The minimum atomic E-state index is 0.0668. The van der Waals surface area contributed by atoms with E-state index in [2.05, 4.69) is 51.0 Å². The fourth-order valence-electron chi connectivity index (χ4n) is 3.14. The van der Waals surface area contributed by atoms with Gasteiger partial charge < -0.3 is 9.72 Å². The highest BCUT2D eigenvalue weighted by molar-refractivity contribution is 9.11. The first-order valence-electron chi connectivity index (χ1n) is 9.26. The van der Waals surface area contributed by atoms with Crippen molar-refractivity contribution in [2.24, 2.45) is 5.92 Å². The Hall–Kier alpha value is -1.66. The van der Waals surface area contributed by atoms with Crippen molar-refractivity contribution in [2.45, 2.75) is 39.5 Å². The van der Waals surface area contributed by atoms with Crippen molar-refractivity contribution in [1.29, 1.82) is 0 Å². The Kier molecular flexibility index (Phi) is 6.71. The maximum absolute atomic E-state index is 12.6. The van der Waals surface area contributed by atoms with Crippen LogP contribution in [0.15, 0.2) is 51.7 Å². The molecular weight excluding hydrogens is 470 g/mol. The molecule has 1 unspecified atom stereocenters. The zero-order valence-corrected chi connectivity index (χ0v) is 18.7. The quantitative estimate of drug-likeness (QED) is 0.399. The molecule has 0 radical (unpaired) electrons. The highest BCUT2D eigenvalue weighted by Crippen LogP contribution is 2.28. The third kappa shape index (κ3) is 4.79. The summed E-state index contributed by atoms with van der Waals surface area (Å²) in [5.41, 5.74) is 3.50. The number of benzene rings is 1. The second kappa shape index (κ2) is 9.02. The lowest BCUT2D eigenvalue weighted by Gasteiger charge is -2.15. The largest absolute Gasteiger partial charge is 0.326 e. The number of anilines is 1. The van der Waals surface area contributed by atoms with Gasteiger partial charge in [0.15, 0.2) is 5.65 Å². The van der Waals surface area contributed by atoms with E-state index >= 15 is 0 Å². The SMILES string of the molecule is CCCCC(CC)C(=O)Nc1cccc(-c2cn3cc(Br)cc(Br)c3n2)c1. The van der Waals surface area contributed by atoms with E-state index < -0.39 is 0 Å². The number of halogens is 2. The van der Waals surface area contributed by atoms with Crippen LogP contribution in [-0.2, 0) is 4.79 Å². The normalized spacial score (nSPS) is 12.3. The van der Waals surface area contributed by atoms with E-state index in [1.54, 1.807) is 0 Å². The van der Waals surface area contributed by atoms with Crippen molar-refractivity contribution in [3.05, 3.63) is 51.7 Å². The van der Waals surface area contributed by atoms with Gasteiger partial charge in [0.2, 0.25) is 5.91 Å². The molecule has 2 heterocycles. The molecule has 2 aromatic heterocycles. The minimum Gasteiger partial charge on any atom is -0.326 e. The van der Waals surface area contributed by atoms with Gasteiger partial charge in [0.25, 0.3) is 0 Å². The molecule has 3 rings (SSSR count). The predicted molar refractivity (Wildman–Crippen MR) is 118 cm³/mol. The minimum absolute atomic E-state index is 0.0668. The van der Waals surface area contributed by atoms with Gasteiger partial charge in [-0.1, -0.05) is 38.8 Å². The lowest BCUT2D eigenvalue weighted by molar-refractivity contribution is -0.120. The van der Waals surface area contributed by atoms with Gasteiger partial charge in [-0.2, -0.15) is 0 Å². The molecule has 0 saturated carbocycles. The number of hydrogen-bond acceptors (Lipinski definition) is 2. The van der Waals surface area contributed by atoms with Gasteiger partial charge in [-0.15, -0.1) is 0 Å². The van der Waals surface area contributed by atoms with E-state index in [9.17, 15) is 4.79 Å². The van der Waals surface area contributed by atoms with E-state index in [1.165, 1.54) is 0 Å².